The predicted octanol–water partition coefficient (Wildman–Crippen LogP) is 4.46. The van der Waals surface area contributed by atoms with Gasteiger partial charge in [-0.25, -0.2) is 0 Å². The first kappa shape index (κ1) is 20.2. The zero-order chi connectivity index (χ0) is 21.6. The van der Waals surface area contributed by atoms with Crippen LogP contribution in [-0.4, -0.2) is 34.2 Å². The maximum Gasteiger partial charge on any atom is 0.248 e. The Bertz CT molecular complexity index is 1250. The molecular formula is C24H22N4O3. The number of hydrogen-bond donors (Lipinski definition) is 1. The first-order valence-corrected chi connectivity index (χ1v) is 9.88. The molecule has 4 rings (SSSR count). The highest BCUT2D eigenvalue weighted by atomic mass is 16.5. The van der Waals surface area contributed by atoms with E-state index in [4.69, 9.17) is 9.47 Å². The predicted molar refractivity (Wildman–Crippen MR) is 120 cm³/mol. The van der Waals surface area contributed by atoms with Crippen molar-refractivity contribution >= 4 is 23.3 Å². The van der Waals surface area contributed by atoms with Crippen molar-refractivity contribution in [1.82, 2.24) is 14.6 Å². The number of aromatic nitrogens is 3. The van der Waals surface area contributed by atoms with Crippen LogP contribution in [0.1, 0.15) is 12.5 Å². The summed E-state index contributed by atoms with van der Waals surface area (Å²) in [6.07, 6.45) is 5.11. The van der Waals surface area contributed by atoms with E-state index in [0.717, 1.165) is 16.8 Å². The van der Waals surface area contributed by atoms with Gasteiger partial charge in [0.05, 0.1) is 13.7 Å². The molecule has 7 heteroatoms. The minimum atomic E-state index is -0.240. The zero-order valence-electron chi connectivity index (χ0n) is 17.3. The van der Waals surface area contributed by atoms with Gasteiger partial charge in [-0.3, -0.25) is 9.20 Å². The highest BCUT2D eigenvalue weighted by Gasteiger charge is 2.09. The lowest BCUT2D eigenvalue weighted by Gasteiger charge is -2.09. The number of amides is 1. The lowest BCUT2D eigenvalue weighted by atomic mass is 10.1. The minimum Gasteiger partial charge on any atom is -0.493 e. The molecule has 0 atom stereocenters. The number of fused-ring (bicyclic) bond motifs is 1. The molecule has 2 aromatic heterocycles. The van der Waals surface area contributed by atoms with Crippen LogP contribution in [0.5, 0.6) is 11.5 Å². The van der Waals surface area contributed by atoms with Crippen LogP contribution in [0.4, 0.5) is 5.69 Å². The summed E-state index contributed by atoms with van der Waals surface area (Å²) in [4.78, 5) is 12.4. The van der Waals surface area contributed by atoms with Crippen molar-refractivity contribution < 1.29 is 14.3 Å². The summed E-state index contributed by atoms with van der Waals surface area (Å²) in [5.74, 6) is 1.77. The molecule has 0 aliphatic heterocycles. The molecular weight excluding hydrogens is 392 g/mol. The lowest BCUT2D eigenvalue weighted by molar-refractivity contribution is -0.111. The van der Waals surface area contributed by atoms with E-state index in [1.807, 2.05) is 78.2 Å². The van der Waals surface area contributed by atoms with Gasteiger partial charge in [0.15, 0.2) is 23.0 Å². The zero-order valence-corrected chi connectivity index (χ0v) is 17.3. The molecule has 4 aromatic rings. The number of anilines is 1. The summed E-state index contributed by atoms with van der Waals surface area (Å²) < 4.78 is 12.8. The quantitative estimate of drug-likeness (QED) is 0.452. The van der Waals surface area contributed by atoms with E-state index in [1.165, 1.54) is 6.08 Å². The number of nitrogens with zero attached hydrogens (tertiary/aromatic N) is 3. The van der Waals surface area contributed by atoms with E-state index >= 15 is 0 Å². The van der Waals surface area contributed by atoms with Crippen LogP contribution >= 0.6 is 0 Å². The Morgan fingerprint density at radius 3 is 2.81 bits per heavy atom. The number of benzene rings is 2. The third kappa shape index (κ3) is 4.56. The lowest BCUT2D eigenvalue weighted by Crippen LogP contribution is -2.07. The molecule has 0 unspecified atom stereocenters. The molecule has 0 aliphatic rings. The van der Waals surface area contributed by atoms with Crippen LogP contribution in [0.25, 0.3) is 23.1 Å². The molecule has 2 aromatic carbocycles. The number of methoxy groups -OCH3 is 1. The summed E-state index contributed by atoms with van der Waals surface area (Å²) in [5.41, 5.74) is 3.13. The van der Waals surface area contributed by atoms with Crippen molar-refractivity contribution in [2.24, 2.45) is 0 Å². The third-order valence-corrected chi connectivity index (χ3v) is 4.62. The van der Waals surface area contributed by atoms with Crippen LogP contribution in [0, 0.1) is 0 Å². The van der Waals surface area contributed by atoms with Crippen molar-refractivity contribution in [2.75, 3.05) is 19.0 Å². The van der Waals surface area contributed by atoms with E-state index in [-0.39, 0.29) is 5.91 Å². The van der Waals surface area contributed by atoms with Crippen molar-refractivity contribution in [3.63, 3.8) is 0 Å². The topological polar surface area (TPSA) is 77.8 Å². The molecule has 156 valence electrons. The van der Waals surface area contributed by atoms with Gasteiger partial charge < -0.3 is 14.8 Å². The molecule has 0 saturated carbocycles. The van der Waals surface area contributed by atoms with Crippen molar-refractivity contribution in [1.29, 1.82) is 0 Å². The standard InChI is InChI=1S/C24H22N4O3/c1-3-31-20-12-10-17(15-21(20)30-2)11-13-23(29)25-19-8-6-7-18(16-19)24-27-26-22-9-4-5-14-28(22)24/h4-16H,3H2,1-2H3,(H,25,29)/b13-11+. The van der Waals surface area contributed by atoms with Crippen LogP contribution in [0.15, 0.2) is 72.9 Å². The van der Waals surface area contributed by atoms with Crippen molar-refractivity contribution in [3.05, 3.63) is 78.5 Å². The minimum absolute atomic E-state index is 0.240. The molecule has 31 heavy (non-hydrogen) atoms. The van der Waals surface area contributed by atoms with E-state index in [0.29, 0.717) is 29.6 Å². The largest absolute Gasteiger partial charge is 0.493 e. The van der Waals surface area contributed by atoms with Gasteiger partial charge in [0.1, 0.15) is 0 Å². The van der Waals surface area contributed by atoms with Gasteiger partial charge in [-0.1, -0.05) is 24.3 Å². The van der Waals surface area contributed by atoms with E-state index < -0.39 is 0 Å². The fourth-order valence-electron chi connectivity index (χ4n) is 3.19. The number of hydrogen-bond acceptors (Lipinski definition) is 5. The Hall–Kier alpha value is -4.13. The summed E-state index contributed by atoms with van der Waals surface area (Å²) in [7, 11) is 1.59. The monoisotopic (exact) mass is 414 g/mol. The smallest absolute Gasteiger partial charge is 0.248 e. The third-order valence-electron chi connectivity index (χ3n) is 4.62. The van der Waals surface area contributed by atoms with Gasteiger partial charge in [0.25, 0.3) is 0 Å². The second-order valence-corrected chi connectivity index (χ2v) is 6.70. The van der Waals surface area contributed by atoms with Crippen LogP contribution in [0.2, 0.25) is 0 Å². The summed E-state index contributed by atoms with van der Waals surface area (Å²) in [6, 6.07) is 18.8. The van der Waals surface area contributed by atoms with Gasteiger partial charge >= 0.3 is 0 Å². The molecule has 7 nitrogen and oxygen atoms in total. The number of carbonyl (C=O) groups excluding carboxylic acids is 1. The highest BCUT2D eigenvalue weighted by Crippen LogP contribution is 2.28. The Labute approximate surface area is 180 Å². The Morgan fingerprint density at radius 1 is 1.06 bits per heavy atom. The van der Waals surface area contributed by atoms with Crippen molar-refractivity contribution in [2.45, 2.75) is 6.92 Å². The highest BCUT2D eigenvalue weighted by molar-refractivity contribution is 6.02. The average molecular weight is 414 g/mol. The first-order valence-electron chi connectivity index (χ1n) is 9.88. The molecule has 2 heterocycles. The number of ether oxygens (including phenoxy) is 2. The Kier molecular flexibility index (Phi) is 5.93. The van der Waals surface area contributed by atoms with Gasteiger partial charge in [-0.05, 0) is 55.0 Å². The van der Waals surface area contributed by atoms with Crippen molar-refractivity contribution in [3.8, 4) is 22.9 Å². The summed E-state index contributed by atoms with van der Waals surface area (Å²) >= 11 is 0. The second kappa shape index (κ2) is 9.13. The average Bonchev–Trinajstić information content (AvgIpc) is 3.23. The maximum atomic E-state index is 12.4. The fraction of sp³-hybridized carbons (Fsp3) is 0.125. The maximum absolute atomic E-state index is 12.4. The summed E-state index contributed by atoms with van der Waals surface area (Å²) in [5, 5.41) is 11.3. The molecule has 1 N–H and O–H groups in total. The van der Waals surface area contributed by atoms with Gasteiger partial charge in [0, 0.05) is 23.5 Å². The summed E-state index contributed by atoms with van der Waals surface area (Å²) in [6.45, 7) is 2.47. The van der Waals surface area contributed by atoms with Crippen LogP contribution in [0.3, 0.4) is 0 Å². The second-order valence-electron chi connectivity index (χ2n) is 6.70. The number of rotatable bonds is 7. The molecule has 0 aliphatic carbocycles. The van der Waals surface area contributed by atoms with E-state index in [9.17, 15) is 4.79 Å². The number of carbonyl (C=O) groups is 1. The number of nitrogens with one attached hydrogen (secondary N) is 1. The van der Waals surface area contributed by atoms with Crippen LogP contribution in [-0.2, 0) is 4.79 Å². The molecule has 1 amide bonds. The van der Waals surface area contributed by atoms with Gasteiger partial charge in [-0.2, -0.15) is 0 Å². The normalized spacial score (nSPS) is 11.0. The molecule has 0 spiro atoms. The molecule has 0 fully saturated rings. The van der Waals surface area contributed by atoms with E-state index in [1.54, 1.807) is 13.2 Å². The van der Waals surface area contributed by atoms with E-state index in [2.05, 4.69) is 15.5 Å². The Balaban J connectivity index is 1.49. The molecule has 0 radical (unpaired) electrons. The van der Waals surface area contributed by atoms with Crippen LogP contribution < -0.4 is 14.8 Å². The van der Waals surface area contributed by atoms with Gasteiger partial charge in [-0.15, -0.1) is 10.2 Å². The van der Waals surface area contributed by atoms with Gasteiger partial charge in [0.2, 0.25) is 5.91 Å². The number of pyridine rings is 1. The molecule has 0 bridgehead atoms. The Morgan fingerprint density at radius 2 is 1.97 bits per heavy atom. The fourth-order valence-corrected chi connectivity index (χ4v) is 3.19. The SMILES string of the molecule is CCOc1ccc(/C=C/C(=O)Nc2cccc(-c3nnc4ccccn34)c2)cc1OC. The first-order chi connectivity index (χ1) is 15.2. The molecule has 0 saturated heterocycles.